The lowest BCUT2D eigenvalue weighted by atomic mass is 9.94. The summed E-state index contributed by atoms with van der Waals surface area (Å²) in [6.07, 6.45) is 1.96. The zero-order valence-electron chi connectivity index (χ0n) is 17.4. The van der Waals surface area contributed by atoms with Crippen molar-refractivity contribution in [3.05, 3.63) is 30.3 Å². The van der Waals surface area contributed by atoms with Crippen molar-refractivity contribution in [2.24, 2.45) is 5.92 Å². The van der Waals surface area contributed by atoms with Crippen LogP contribution in [-0.2, 0) is 14.8 Å². The van der Waals surface area contributed by atoms with Gasteiger partial charge in [0.05, 0.1) is 4.90 Å². The number of nitrogens with zero attached hydrogens (tertiary/aromatic N) is 3. The summed E-state index contributed by atoms with van der Waals surface area (Å²) in [5.41, 5.74) is 0. The van der Waals surface area contributed by atoms with Crippen molar-refractivity contribution in [1.29, 1.82) is 0 Å². The molecule has 2 aliphatic rings. The second-order valence-corrected chi connectivity index (χ2v) is 9.93. The van der Waals surface area contributed by atoms with Crippen molar-refractivity contribution in [2.75, 3.05) is 58.9 Å². The highest BCUT2D eigenvalue weighted by Gasteiger charge is 2.30. The number of carbonyl (C=O) groups excluding carboxylic acids is 1. The van der Waals surface area contributed by atoms with Gasteiger partial charge in [0, 0.05) is 58.8 Å². The van der Waals surface area contributed by atoms with Crippen LogP contribution in [0.2, 0.25) is 0 Å². The van der Waals surface area contributed by atoms with Crippen molar-refractivity contribution < 1.29 is 13.2 Å². The lowest BCUT2D eigenvalue weighted by Crippen LogP contribution is -2.48. The van der Waals surface area contributed by atoms with E-state index in [9.17, 15) is 13.2 Å². The largest absolute Gasteiger partial charge is 0.355 e. The molecule has 7 nitrogen and oxygen atoms in total. The van der Waals surface area contributed by atoms with Gasteiger partial charge in [0.1, 0.15) is 0 Å². The summed E-state index contributed by atoms with van der Waals surface area (Å²) in [5, 5.41) is 3.04. The zero-order valence-corrected chi connectivity index (χ0v) is 18.2. The molecule has 29 heavy (non-hydrogen) atoms. The van der Waals surface area contributed by atoms with Crippen LogP contribution in [0.5, 0.6) is 0 Å². The van der Waals surface area contributed by atoms with Crippen molar-refractivity contribution in [1.82, 2.24) is 19.4 Å². The number of hydrogen-bond acceptors (Lipinski definition) is 5. The molecule has 1 amide bonds. The number of rotatable bonds is 8. The third kappa shape index (κ3) is 6.25. The second kappa shape index (κ2) is 10.5. The first kappa shape index (κ1) is 22.2. The molecule has 0 radical (unpaired) electrons. The van der Waals surface area contributed by atoms with Gasteiger partial charge in [0.25, 0.3) is 0 Å². The van der Waals surface area contributed by atoms with E-state index in [0.717, 1.165) is 52.1 Å². The lowest BCUT2D eigenvalue weighted by Gasteiger charge is -2.34. The summed E-state index contributed by atoms with van der Waals surface area (Å²) in [7, 11) is -3.42. The highest BCUT2D eigenvalue weighted by Crippen LogP contribution is 2.25. The highest BCUT2D eigenvalue weighted by atomic mass is 32.2. The Morgan fingerprint density at radius 3 is 2.24 bits per heavy atom. The number of carbonyl (C=O) groups is 1. The number of likely N-dealkylation sites (N-methyl/N-ethyl adjacent to an activating group) is 1. The summed E-state index contributed by atoms with van der Waals surface area (Å²) in [6, 6.07) is 8.57. The molecule has 1 aromatic rings. The number of hydrogen-bond donors (Lipinski definition) is 1. The SMILES string of the molecule is CCN1CCN(CCNC(=O)CC2CCN(S(=O)(=O)c3ccccc3)CC2)CC1. The van der Waals surface area contributed by atoms with E-state index in [2.05, 4.69) is 22.0 Å². The minimum absolute atomic E-state index is 0.0848. The minimum atomic E-state index is -3.42. The van der Waals surface area contributed by atoms with Crippen molar-refractivity contribution in [3.8, 4) is 0 Å². The first-order valence-electron chi connectivity index (χ1n) is 10.8. The summed E-state index contributed by atoms with van der Waals surface area (Å²) in [5.74, 6) is 0.340. The van der Waals surface area contributed by atoms with Crippen LogP contribution in [0.1, 0.15) is 26.2 Å². The van der Waals surface area contributed by atoms with E-state index in [4.69, 9.17) is 0 Å². The third-order valence-corrected chi connectivity index (χ3v) is 8.00. The molecule has 0 atom stereocenters. The summed E-state index contributed by atoms with van der Waals surface area (Å²) < 4.78 is 26.9. The monoisotopic (exact) mass is 422 g/mol. The molecule has 2 aliphatic heterocycles. The van der Waals surface area contributed by atoms with Crippen LogP contribution in [0.4, 0.5) is 0 Å². The Hall–Kier alpha value is -1.48. The number of amides is 1. The molecule has 0 saturated carbocycles. The van der Waals surface area contributed by atoms with Crippen LogP contribution < -0.4 is 5.32 Å². The topological polar surface area (TPSA) is 73.0 Å². The summed E-state index contributed by atoms with van der Waals surface area (Å²) in [6.45, 7) is 10.2. The fraction of sp³-hybridized carbons (Fsp3) is 0.667. The van der Waals surface area contributed by atoms with Crippen LogP contribution in [0.15, 0.2) is 35.2 Å². The minimum Gasteiger partial charge on any atom is -0.355 e. The molecule has 0 aliphatic carbocycles. The quantitative estimate of drug-likeness (QED) is 0.682. The maximum Gasteiger partial charge on any atom is 0.243 e. The van der Waals surface area contributed by atoms with Gasteiger partial charge in [-0.3, -0.25) is 9.69 Å². The fourth-order valence-corrected chi connectivity index (χ4v) is 5.60. The predicted octanol–water partition coefficient (Wildman–Crippen LogP) is 1.23. The molecule has 0 aromatic heterocycles. The van der Waals surface area contributed by atoms with Crippen molar-refractivity contribution in [3.63, 3.8) is 0 Å². The summed E-state index contributed by atoms with van der Waals surface area (Å²) >= 11 is 0. The number of piperazine rings is 1. The van der Waals surface area contributed by atoms with E-state index in [1.807, 2.05) is 6.07 Å². The van der Waals surface area contributed by atoms with Gasteiger partial charge >= 0.3 is 0 Å². The average molecular weight is 423 g/mol. The Balaban J connectivity index is 1.35. The molecule has 1 N–H and O–H groups in total. The third-order valence-electron chi connectivity index (χ3n) is 6.09. The van der Waals surface area contributed by atoms with Gasteiger partial charge in [-0.15, -0.1) is 0 Å². The van der Waals surface area contributed by atoms with Crippen molar-refractivity contribution in [2.45, 2.75) is 31.1 Å². The normalized spacial score (nSPS) is 20.6. The van der Waals surface area contributed by atoms with E-state index in [0.29, 0.717) is 31.0 Å². The zero-order chi connectivity index (χ0) is 20.7. The van der Waals surface area contributed by atoms with Crippen LogP contribution in [0.25, 0.3) is 0 Å². The highest BCUT2D eigenvalue weighted by molar-refractivity contribution is 7.89. The lowest BCUT2D eigenvalue weighted by molar-refractivity contribution is -0.122. The Morgan fingerprint density at radius 2 is 1.62 bits per heavy atom. The molecule has 2 saturated heterocycles. The first-order chi connectivity index (χ1) is 14.0. The second-order valence-electron chi connectivity index (χ2n) is 7.99. The molecule has 2 heterocycles. The van der Waals surface area contributed by atoms with Gasteiger partial charge in [-0.25, -0.2) is 8.42 Å². The number of piperidine rings is 1. The summed E-state index contributed by atoms with van der Waals surface area (Å²) in [4.78, 5) is 17.5. The Labute approximate surface area is 175 Å². The smallest absolute Gasteiger partial charge is 0.243 e. The number of sulfonamides is 1. The van der Waals surface area contributed by atoms with Crippen LogP contribution in [0.3, 0.4) is 0 Å². The molecule has 0 spiro atoms. The molecule has 0 unspecified atom stereocenters. The number of nitrogens with one attached hydrogen (secondary N) is 1. The Kier molecular flexibility index (Phi) is 8.06. The van der Waals surface area contributed by atoms with Gasteiger partial charge < -0.3 is 10.2 Å². The van der Waals surface area contributed by atoms with E-state index >= 15 is 0 Å². The molecule has 0 bridgehead atoms. The molecular formula is C21H34N4O3S. The van der Waals surface area contributed by atoms with E-state index < -0.39 is 10.0 Å². The van der Waals surface area contributed by atoms with Crippen LogP contribution >= 0.6 is 0 Å². The van der Waals surface area contributed by atoms with E-state index in [1.54, 1.807) is 28.6 Å². The maximum atomic E-state index is 12.7. The average Bonchev–Trinajstić information content (AvgIpc) is 2.75. The predicted molar refractivity (Wildman–Crippen MR) is 114 cm³/mol. The van der Waals surface area contributed by atoms with Gasteiger partial charge in [-0.05, 0) is 37.4 Å². The molecule has 162 valence electrons. The Bertz CT molecular complexity index is 740. The van der Waals surface area contributed by atoms with Gasteiger partial charge in [0.15, 0.2) is 0 Å². The molecule has 8 heteroatoms. The van der Waals surface area contributed by atoms with E-state index in [1.165, 1.54) is 0 Å². The maximum absolute atomic E-state index is 12.7. The van der Waals surface area contributed by atoms with E-state index in [-0.39, 0.29) is 11.8 Å². The molecule has 1 aromatic carbocycles. The van der Waals surface area contributed by atoms with Crippen LogP contribution in [-0.4, -0.2) is 87.3 Å². The standard InChI is InChI=1S/C21H34N4O3S/c1-2-23-14-16-24(17-15-23)13-10-22-21(26)18-19-8-11-25(12-9-19)29(27,28)20-6-4-3-5-7-20/h3-7,19H,2,8-18H2,1H3,(H,22,26). The van der Waals surface area contributed by atoms with Gasteiger partial charge in [-0.2, -0.15) is 4.31 Å². The fourth-order valence-electron chi connectivity index (χ4n) is 4.11. The molecule has 2 fully saturated rings. The number of benzene rings is 1. The first-order valence-corrected chi connectivity index (χ1v) is 12.2. The molecular weight excluding hydrogens is 388 g/mol. The van der Waals surface area contributed by atoms with Gasteiger partial charge in [0.2, 0.25) is 15.9 Å². The molecule has 3 rings (SSSR count). The Morgan fingerprint density at radius 1 is 1.00 bits per heavy atom. The van der Waals surface area contributed by atoms with Crippen LogP contribution in [0, 0.1) is 5.92 Å². The van der Waals surface area contributed by atoms with Crippen molar-refractivity contribution >= 4 is 15.9 Å². The van der Waals surface area contributed by atoms with Gasteiger partial charge in [-0.1, -0.05) is 25.1 Å².